The Kier molecular flexibility index (Phi) is 5.32. The molecule has 1 fully saturated rings. The van der Waals surface area contributed by atoms with Gasteiger partial charge in [-0.2, -0.15) is 5.26 Å². The highest BCUT2D eigenvalue weighted by Crippen LogP contribution is 2.34. The van der Waals surface area contributed by atoms with E-state index in [4.69, 9.17) is 21.6 Å². The molecule has 0 bridgehead atoms. The minimum Gasteiger partial charge on any atom is -0.382 e. The summed E-state index contributed by atoms with van der Waals surface area (Å²) in [5, 5.41) is 12.8. The summed E-state index contributed by atoms with van der Waals surface area (Å²) in [6.45, 7) is 1.54. The Bertz CT molecular complexity index is 677. The lowest BCUT2D eigenvalue weighted by atomic mass is 9.82. The number of nitrogens with one attached hydrogen (secondary N) is 1. The van der Waals surface area contributed by atoms with Crippen LogP contribution in [-0.2, 0) is 14.6 Å². The van der Waals surface area contributed by atoms with Gasteiger partial charge in [-0.25, -0.2) is 8.42 Å². The molecule has 0 radical (unpaired) electrons. The van der Waals surface area contributed by atoms with E-state index in [0.29, 0.717) is 48.9 Å². The third-order valence-electron chi connectivity index (χ3n) is 3.90. The van der Waals surface area contributed by atoms with Gasteiger partial charge in [0.15, 0.2) is 0 Å². The van der Waals surface area contributed by atoms with Crippen LogP contribution in [0.5, 0.6) is 0 Å². The van der Waals surface area contributed by atoms with Gasteiger partial charge in [-0.05, 0) is 25.0 Å². The smallest absolute Gasteiger partial charge is 0.148 e. The highest BCUT2D eigenvalue weighted by Gasteiger charge is 2.36. The zero-order chi connectivity index (χ0) is 16.2. The summed E-state index contributed by atoms with van der Waals surface area (Å²) in [4.78, 5) is 0. The molecule has 1 saturated heterocycles. The number of nitriles is 1. The number of anilines is 1. The quantitative estimate of drug-likeness (QED) is 0.889. The Morgan fingerprint density at radius 2 is 2.09 bits per heavy atom. The van der Waals surface area contributed by atoms with Crippen LogP contribution in [0, 0.1) is 16.7 Å². The van der Waals surface area contributed by atoms with Gasteiger partial charge < -0.3 is 10.1 Å². The third-order valence-corrected chi connectivity index (χ3v) is 5.35. The van der Waals surface area contributed by atoms with E-state index in [9.17, 15) is 8.42 Å². The van der Waals surface area contributed by atoms with Crippen LogP contribution in [0.1, 0.15) is 18.4 Å². The van der Waals surface area contributed by atoms with E-state index in [2.05, 4.69) is 11.4 Å². The third kappa shape index (κ3) is 4.35. The topological polar surface area (TPSA) is 79.2 Å². The van der Waals surface area contributed by atoms with Crippen molar-refractivity contribution >= 4 is 27.1 Å². The maximum absolute atomic E-state index is 11.8. The van der Waals surface area contributed by atoms with Crippen LogP contribution < -0.4 is 5.32 Å². The molecular weight excluding hydrogens is 324 g/mol. The van der Waals surface area contributed by atoms with Gasteiger partial charge in [0.25, 0.3) is 0 Å². The maximum atomic E-state index is 11.8. The fraction of sp³-hybridized carbons (Fsp3) is 0.533. The molecule has 0 atom stereocenters. The number of benzene rings is 1. The first-order valence-electron chi connectivity index (χ1n) is 7.03. The van der Waals surface area contributed by atoms with Crippen molar-refractivity contribution in [3.63, 3.8) is 0 Å². The van der Waals surface area contributed by atoms with Crippen LogP contribution in [0.4, 0.5) is 5.69 Å². The second-order valence-corrected chi connectivity index (χ2v) is 8.36. The molecule has 120 valence electrons. The summed E-state index contributed by atoms with van der Waals surface area (Å²) in [5.74, 6) is 0.0999. The molecule has 1 aromatic rings. The number of ether oxygens (including phenoxy) is 1. The van der Waals surface area contributed by atoms with Crippen molar-refractivity contribution in [3.8, 4) is 6.07 Å². The Hall–Kier alpha value is -1.29. The lowest BCUT2D eigenvalue weighted by Gasteiger charge is -2.37. The van der Waals surface area contributed by atoms with Crippen LogP contribution in [0.2, 0.25) is 5.02 Å². The number of rotatable bonds is 5. The van der Waals surface area contributed by atoms with Crippen molar-refractivity contribution in [2.75, 3.05) is 37.1 Å². The average molecular weight is 343 g/mol. The molecule has 0 spiro atoms. The minimum atomic E-state index is -3.11. The molecule has 0 aliphatic carbocycles. The van der Waals surface area contributed by atoms with Gasteiger partial charge in [-0.1, -0.05) is 17.7 Å². The molecule has 1 heterocycles. The standard InChI is InChI=1S/C15H19ClN2O3S/c1-22(19,20)11-15(5-7-21-8-6-15)10-18-14-12(9-17)3-2-4-13(14)16/h2-4,18H,5-8,10-11H2,1H3. The summed E-state index contributed by atoms with van der Waals surface area (Å²) in [6.07, 6.45) is 2.58. The van der Waals surface area contributed by atoms with E-state index >= 15 is 0 Å². The second kappa shape index (κ2) is 6.86. The van der Waals surface area contributed by atoms with Crippen molar-refractivity contribution in [2.24, 2.45) is 5.41 Å². The number of hydrogen-bond donors (Lipinski definition) is 1. The first-order chi connectivity index (χ1) is 10.4. The predicted molar refractivity (Wildman–Crippen MR) is 86.9 cm³/mol. The van der Waals surface area contributed by atoms with Gasteiger partial charge in [-0.15, -0.1) is 0 Å². The molecule has 7 heteroatoms. The highest BCUT2D eigenvalue weighted by molar-refractivity contribution is 7.90. The molecule has 0 aromatic heterocycles. The number of hydrogen-bond acceptors (Lipinski definition) is 5. The number of halogens is 1. The van der Waals surface area contributed by atoms with Crippen molar-refractivity contribution in [1.29, 1.82) is 5.26 Å². The molecule has 1 aromatic carbocycles. The lowest BCUT2D eigenvalue weighted by molar-refractivity contribution is 0.0315. The molecule has 0 saturated carbocycles. The van der Waals surface area contributed by atoms with Crippen LogP contribution in [0.15, 0.2) is 18.2 Å². The summed E-state index contributed by atoms with van der Waals surface area (Å²) in [7, 11) is -3.11. The van der Waals surface area contributed by atoms with Crippen LogP contribution in [0.25, 0.3) is 0 Å². The molecular formula is C15H19ClN2O3S. The van der Waals surface area contributed by atoms with Gasteiger partial charge in [0, 0.05) is 31.4 Å². The van der Waals surface area contributed by atoms with Gasteiger partial charge in [0.2, 0.25) is 0 Å². The van der Waals surface area contributed by atoms with Crippen molar-refractivity contribution in [1.82, 2.24) is 0 Å². The molecule has 1 aliphatic heterocycles. The predicted octanol–water partition coefficient (Wildman–Crippen LogP) is 2.46. The molecule has 0 amide bonds. The van der Waals surface area contributed by atoms with E-state index in [1.165, 1.54) is 6.26 Å². The molecule has 0 unspecified atom stereocenters. The zero-order valence-corrected chi connectivity index (χ0v) is 14.0. The van der Waals surface area contributed by atoms with Gasteiger partial charge in [-0.3, -0.25) is 0 Å². The normalized spacial score (nSPS) is 17.7. The number of sulfone groups is 1. The molecule has 22 heavy (non-hydrogen) atoms. The van der Waals surface area contributed by atoms with E-state index in [0.717, 1.165) is 0 Å². The van der Waals surface area contributed by atoms with E-state index in [1.54, 1.807) is 18.2 Å². The number of para-hydroxylation sites is 1. The minimum absolute atomic E-state index is 0.0999. The SMILES string of the molecule is CS(=O)(=O)CC1(CNc2c(Cl)cccc2C#N)CCOCC1. The monoisotopic (exact) mass is 342 g/mol. The molecule has 1 aliphatic rings. The first-order valence-corrected chi connectivity index (χ1v) is 9.47. The zero-order valence-electron chi connectivity index (χ0n) is 12.4. The van der Waals surface area contributed by atoms with Gasteiger partial charge in [0.1, 0.15) is 15.9 Å². The lowest BCUT2D eigenvalue weighted by Crippen LogP contribution is -2.41. The summed E-state index contributed by atoms with van der Waals surface area (Å²) in [6, 6.07) is 7.20. The average Bonchev–Trinajstić information content (AvgIpc) is 2.45. The van der Waals surface area contributed by atoms with Crippen molar-refractivity contribution in [2.45, 2.75) is 12.8 Å². The molecule has 2 rings (SSSR count). The Morgan fingerprint density at radius 3 is 2.68 bits per heavy atom. The second-order valence-electron chi connectivity index (χ2n) is 5.81. The summed E-state index contributed by atoms with van der Waals surface area (Å²) < 4.78 is 28.9. The fourth-order valence-corrected chi connectivity index (χ4v) is 4.55. The number of nitrogens with zero attached hydrogens (tertiary/aromatic N) is 1. The molecule has 1 N–H and O–H groups in total. The summed E-state index contributed by atoms with van der Waals surface area (Å²) in [5.41, 5.74) is 0.623. The first kappa shape index (κ1) is 17.1. The Morgan fingerprint density at radius 1 is 1.41 bits per heavy atom. The van der Waals surface area contributed by atoms with E-state index < -0.39 is 15.3 Å². The van der Waals surface area contributed by atoms with E-state index in [-0.39, 0.29) is 5.75 Å². The van der Waals surface area contributed by atoms with Crippen LogP contribution in [-0.4, -0.2) is 40.2 Å². The van der Waals surface area contributed by atoms with Crippen LogP contribution >= 0.6 is 11.6 Å². The van der Waals surface area contributed by atoms with Crippen LogP contribution in [0.3, 0.4) is 0 Å². The maximum Gasteiger partial charge on any atom is 0.148 e. The van der Waals surface area contributed by atoms with Crippen molar-refractivity contribution in [3.05, 3.63) is 28.8 Å². The van der Waals surface area contributed by atoms with Gasteiger partial charge >= 0.3 is 0 Å². The van der Waals surface area contributed by atoms with Gasteiger partial charge in [0.05, 0.1) is 22.0 Å². The Balaban J connectivity index is 2.21. The fourth-order valence-electron chi connectivity index (χ4n) is 2.81. The van der Waals surface area contributed by atoms with E-state index in [1.807, 2.05) is 0 Å². The molecule has 5 nitrogen and oxygen atoms in total. The Labute approximate surface area is 136 Å². The van der Waals surface area contributed by atoms with Crippen molar-refractivity contribution < 1.29 is 13.2 Å². The largest absolute Gasteiger partial charge is 0.382 e. The summed E-state index contributed by atoms with van der Waals surface area (Å²) >= 11 is 6.15. The highest BCUT2D eigenvalue weighted by atomic mass is 35.5.